The Morgan fingerprint density at radius 3 is 3.05 bits per heavy atom. The van der Waals surface area contributed by atoms with Crippen LogP contribution in [-0.2, 0) is 4.74 Å². The third-order valence-corrected chi connectivity index (χ3v) is 4.38. The second-order valence-corrected chi connectivity index (χ2v) is 6.36. The van der Waals surface area contributed by atoms with Gasteiger partial charge in [0.05, 0.1) is 22.9 Å². The lowest BCUT2D eigenvalue weighted by atomic mass is 10.3. The lowest BCUT2D eigenvalue weighted by molar-refractivity contribution is 0.0320. The second-order valence-electron chi connectivity index (χ2n) is 5.33. The average molecular weight is 306 g/mol. The van der Waals surface area contributed by atoms with Gasteiger partial charge in [-0.15, -0.1) is 11.3 Å². The van der Waals surface area contributed by atoms with Crippen LogP contribution in [0.25, 0.3) is 10.2 Å². The summed E-state index contributed by atoms with van der Waals surface area (Å²) in [6.45, 7) is 1.15. The van der Waals surface area contributed by atoms with Gasteiger partial charge >= 0.3 is 0 Å². The molecule has 3 rings (SSSR count). The van der Waals surface area contributed by atoms with E-state index in [9.17, 15) is 9.90 Å². The van der Waals surface area contributed by atoms with E-state index in [1.807, 2.05) is 24.3 Å². The Bertz CT molecular complexity index is 591. The number of nitrogens with one attached hydrogen (secondary N) is 1. The number of carbonyl (C=O) groups is 1. The van der Waals surface area contributed by atoms with Gasteiger partial charge in [0.1, 0.15) is 0 Å². The van der Waals surface area contributed by atoms with Crippen LogP contribution in [0.3, 0.4) is 0 Å². The zero-order chi connectivity index (χ0) is 14.7. The summed E-state index contributed by atoms with van der Waals surface area (Å²) in [5.74, 6) is 0.423. The quantitative estimate of drug-likeness (QED) is 0.818. The van der Waals surface area contributed by atoms with Crippen molar-refractivity contribution in [2.24, 2.45) is 5.92 Å². The Balaban J connectivity index is 1.46. The van der Waals surface area contributed by atoms with Crippen molar-refractivity contribution in [3.8, 4) is 0 Å². The van der Waals surface area contributed by atoms with Gasteiger partial charge in [0.25, 0.3) is 5.91 Å². The molecule has 112 valence electrons. The highest BCUT2D eigenvalue weighted by Gasteiger charge is 2.21. The summed E-state index contributed by atoms with van der Waals surface area (Å²) in [5, 5.41) is 12.9. The van der Waals surface area contributed by atoms with E-state index in [0.717, 1.165) is 10.2 Å². The number of rotatable bonds is 7. The summed E-state index contributed by atoms with van der Waals surface area (Å²) >= 11 is 1.35. The third kappa shape index (κ3) is 4.00. The fraction of sp³-hybridized carbons (Fsp3) is 0.467. The van der Waals surface area contributed by atoms with Crippen molar-refractivity contribution in [2.45, 2.75) is 18.9 Å². The van der Waals surface area contributed by atoms with Crippen molar-refractivity contribution in [3.63, 3.8) is 0 Å². The minimum atomic E-state index is -0.679. The van der Waals surface area contributed by atoms with Gasteiger partial charge in [0, 0.05) is 13.2 Å². The molecule has 2 N–H and O–H groups in total. The van der Waals surface area contributed by atoms with E-state index < -0.39 is 6.10 Å². The zero-order valence-corrected chi connectivity index (χ0v) is 12.4. The van der Waals surface area contributed by atoms with Crippen molar-refractivity contribution in [2.75, 3.05) is 19.8 Å². The number of aliphatic hydroxyl groups excluding tert-OH is 1. The number of para-hydroxylation sites is 1. The maximum atomic E-state index is 12.0. The summed E-state index contributed by atoms with van der Waals surface area (Å²) < 4.78 is 6.37. The van der Waals surface area contributed by atoms with E-state index in [1.165, 1.54) is 24.2 Å². The van der Waals surface area contributed by atoms with E-state index in [4.69, 9.17) is 4.74 Å². The first-order valence-electron chi connectivity index (χ1n) is 7.12. The molecular formula is C15H18N2O3S. The van der Waals surface area contributed by atoms with Crippen LogP contribution >= 0.6 is 11.3 Å². The monoisotopic (exact) mass is 306 g/mol. The first-order chi connectivity index (χ1) is 10.2. The molecule has 21 heavy (non-hydrogen) atoms. The molecule has 0 bridgehead atoms. The molecule has 1 heterocycles. The van der Waals surface area contributed by atoms with E-state index in [-0.39, 0.29) is 19.1 Å². The summed E-state index contributed by atoms with van der Waals surface area (Å²) in [7, 11) is 0. The van der Waals surface area contributed by atoms with Gasteiger partial charge < -0.3 is 15.2 Å². The maximum absolute atomic E-state index is 12.0. The molecule has 6 heteroatoms. The molecular weight excluding hydrogens is 288 g/mol. The molecule has 5 nitrogen and oxygen atoms in total. The molecule has 1 aromatic carbocycles. The van der Waals surface area contributed by atoms with Crippen LogP contribution in [0.1, 0.15) is 22.6 Å². The van der Waals surface area contributed by atoms with Crippen molar-refractivity contribution in [3.05, 3.63) is 29.3 Å². The highest BCUT2D eigenvalue weighted by Crippen LogP contribution is 2.28. The topological polar surface area (TPSA) is 71.5 Å². The first kappa shape index (κ1) is 14.4. The number of thiazole rings is 1. The minimum Gasteiger partial charge on any atom is -0.389 e. The van der Waals surface area contributed by atoms with Gasteiger partial charge in [-0.25, -0.2) is 4.98 Å². The molecule has 1 saturated carbocycles. The number of nitrogens with zero attached hydrogens (tertiary/aromatic N) is 1. The number of carbonyl (C=O) groups excluding carboxylic acids is 1. The van der Waals surface area contributed by atoms with Crippen LogP contribution in [0.5, 0.6) is 0 Å². The maximum Gasteiger partial charge on any atom is 0.280 e. The number of ether oxygens (including phenoxy) is 1. The lowest BCUT2D eigenvalue weighted by Gasteiger charge is -2.11. The Labute approximate surface area is 127 Å². The molecule has 2 aromatic rings. The van der Waals surface area contributed by atoms with Gasteiger partial charge in [-0.2, -0.15) is 0 Å². The molecule has 1 atom stereocenters. The van der Waals surface area contributed by atoms with Gasteiger partial charge in [0.15, 0.2) is 5.01 Å². The molecule has 1 aliphatic rings. The number of hydrogen-bond donors (Lipinski definition) is 2. The first-order valence-corrected chi connectivity index (χ1v) is 7.93. The fourth-order valence-electron chi connectivity index (χ4n) is 1.97. The van der Waals surface area contributed by atoms with Gasteiger partial charge in [-0.3, -0.25) is 4.79 Å². The van der Waals surface area contributed by atoms with Crippen LogP contribution in [0.4, 0.5) is 0 Å². The van der Waals surface area contributed by atoms with Crippen molar-refractivity contribution < 1.29 is 14.6 Å². The predicted octanol–water partition coefficient (Wildman–Crippen LogP) is 1.81. The molecule has 0 spiro atoms. The van der Waals surface area contributed by atoms with Crippen LogP contribution in [0.2, 0.25) is 0 Å². The number of amides is 1. The molecule has 0 aliphatic heterocycles. The number of hydrogen-bond acceptors (Lipinski definition) is 5. The van der Waals surface area contributed by atoms with Crippen molar-refractivity contribution in [1.29, 1.82) is 0 Å². The summed E-state index contributed by atoms with van der Waals surface area (Å²) in [4.78, 5) is 16.3. The van der Waals surface area contributed by atoms with Crippen LogP contribution < -0.4 is 5.32 Å². The Kier molecular flexibility index (Phi) is 4.48. The minimum absolute atomic E-state index is 0.180. The smallest absolute Gasteiger partial charge is 0.280 e. The SMILES string of the molecule is O=C(NCC(O)COCC1CC1)c1nc2ccccc2s1. The van der Waals surface area contributed by atoms with Crippen molar-refractivity contribution in [1.82, 2.24) is 10.3 Å². The molecule has 0 radical (unpaired) electrons. The molecule has 1 fully saturated rings. The third-order valence-electron chi connectivity index (χ3n) is 3.35. The zero-order valence-electron chi connectivity index (χ0n) is 11.6. The van der Waals surface area contributed by atoms with E-state index in [0.29, 0.717) is 17.5 Å². The van der Waals surface area contributed by atoms with Gasteiger partial charge in [0.2, 0.25) is 0 Å². The van der Waals surface area contributed by atoms with Crippen LogP contribution in [0, 0.1) is 5.92 Å². The van der Waals surface area contributed by atoms with Crippen molar-refractivity contribution >= 4 is 27.5 Å². The van der Waals surface area contributed by atoms with Gasteiger partial charge in [-0.05, 0) is 30.9 Å². The number of aromatic nitrogens is 1. The fourth-order valence-corrected chi connectivity index (χ4v) is 2.85. The lowest BCUT2D eigenvalue weighted by Crippen LogP contribution is -2.34. The summed E-state index contributed by atoms with van der Waals surface area (Å²) in [5.41, 5.74) is 0.820. The highest BCUT2D eigenvalue weighted by atomic mass is 32.1. The van der Waals surface area contributed by atoms with Crippen LogP contribution in [-0.4, -0.2) is 41.9 Å². The second kappa shape index (κ2) is 6.51. The van der Waals surface area contributed by atoms with E-state index in [1.54, 1.807) is 0 Å². The normalized spacial score (nSPS) is 16.0. The molecule has 1 aromatic heterocycles. The summed E-state index contributed by atoms with van der Waals surface area (Å²) in [6, 6.07) is 7.63. The number of benzene rings is 1. The summed E-state index contributed by atoms with van der Waals surface area (Å²) in [6.07, 6.45) is 1.77. The average Bonchev–Trinajstić information content (AvgIpc) is 3.20. The molecule has 1 unspecified atom stereocenters. The van der Waals surface area contributed by atoms with Gasteiger partial charge in [-0.1, -0.05) is 12.1 Å². The van der Waals surface area contributed by atoms with E-state index in [2.05, 4.69) is 10.3 Å². The standard InChI is InChI=1S/C15H18N2O3S/c18-11(9-20-8-10-5-6-10)7-16-14(19)15-17-12-3-1-2-4-13(12)21-15/h1-4,10-11,18H,5-9H2,(H,16,19). The molecule has 1 amide bonds. The molecule has 0 saturated heterocycles. The molecule has 1 aliphatic carbocycles. The number of fused-ring (bicyclic) bond motifs is 1. The Morgan fingerprint density at radius 2 is 2.29 bits per heavy atom. The Morgan fingerprint density at radius 1 is 1.48 bits per heavy atom. The largest absolute Gasteiger partial charge is 0.389 e. The highest BCUT2D eigenvalue weighted by molar-refractivity contribution is 7.20. The van der Waals surface area contributed by atoms with E-state index >= 15 is 0 Å². The Hall–Kier alpha value is -1.50. The van der Waals surface area contributed by atoms with Crippen LogP contribution in [0.15, 0.2) is 24.3 Å². The number of aliphatic hydroxyl groups is 1. The predicted molar refractivity (Wildman–Crippen MR) is 81.5 cm³/mol.